The Morgan fingerprint density at radius 1 is 1.47 bits per heavy atom. The lowest BCUT2D eigenvalue weighted by Crippen LogP contribution is -2.22. The zero-order chi connectivity index (χ0) is 11.4. The van der Waals surface area contributed by atoms with Gasteiger partial charge in [-0.15, -0.1) is 0 Å². The Kier molecular flexibility index (Phi) is 4.15. The van der Waals surface area contributed by atoms with Gasteiger partial charge in [0.2, 0.25) is 5.95 Å². The van der Waals surface area contributed by atoms with Crippen LogP contribution in [0, 0.1) is 6.92 Å². The highest BCUT2D eigenvalue weighted by molar-refractivity contribution is 5.29. The summed E-state index contributed by atoms with van der Waals surface area (Å²) in [5.41, 5.74) is 1.07. The highest BCUT2D eigenvalue weighted by atomic mass is 15.2. The van der Waals surface area contributed by atoms with Crippen molar-refractivity contribution in [2.45, 2.75) is 26.8 Å². The summed E-state index contributed by atoms with van der Waals surface area (Å²) >= 11 is 0. The van der Waals surface area contributed by atoms with E-state index in [1.165, 1.54) is 0 Å². The Morgan fingerprint density at radius 3 is 2.67 bits per heavy atom. The molecule has 0 unspecified atom stereocenters. The number of rotatable bonds is 5. The summed E-state index contributed by atoms with van der Waals surface area (Å²) in [6.07, 6.45) is 2.09. The highest BCUT2D eigenvalue weighted by Crippen LogP contribution is 2.14. The molecule has 0 aromatic carbocycles. The third-order valence-electron chi connectivity index (χ3n) is 2.25. The molecule has 1 aromatic heterocycles. The van der Waals surface area contributed by atoms with Gasteiger partial charge >= 0.3 is 0 Å². The molecule has 1 N–H and O–H groups in total. The van der Waals surface area contributed by atoms with Crippen LogP contribution in [0.25, 0.3) is 0 Å². The van der Waals surface area contributed by atoms with Crippen LogP contribution < -0.4 is 5.32 Å². The molecule has 1 aromatic rings. The molecule has 1 rings (SSSR count). The van der Waals surface area contributed by atoms with E-state index in [4.69, 9.17) is 0 Å². The first kappa shape index (κ1) is 12.0. The predicted octanol–water partition coefficient (Wildman–Crippen LogP) is 1.75. The zero-order valence-corrected chi connectivity index (χ0v) is 10.4. The summed E-state index contributed by atoms with van der Waals surface area (Å²) in [5.74, 6) is 0.976. The first-order valence-corrected chi connectivity index (χ1v) is 5.44. The van der Waals surface area contributed by atoms with Crippen LogP contribution in [-0.4, -0.2) is 41.6 Å². The second-order valence-corrected chi connectivity index (χ2v) is 4.44. The van der Waals surface area contributed by atoms with Gasteiger partial charge in [0.1, 0.15) is 0 Å². The monoisotopic (exact) mass is 210 g/mol. The van der Waals surface area contributed by atoms with Gasteiger partial charge in [0, 0.05) is 25.3 Å². The summed E-state index contributed by atoms with van der Waals surface area (Å²) in [6, 6.07) is 0.452. The Balaban J connectivity index is 2.59. The quantitative estimate of drug-likeness (QED) is 0.803. The molecular weight excluding hydrogens is 188 g/mol. The highest BCUT2D eigenvalue weighted by Gasteiger charge is 2.07. The van der Waals surface area contributed by atoms with Crippen molar-refractivity contribution in [3.05, 3.63) is 11.9 Å². The summed E-state index contributed by atoms with van der Waals surface area (Å²) in [7, 11) is 4.14. The van der Waals surface area contributed by atoms with Crippen molar-refractivity contribution in [2.24, 2.45) is 0 Å². The van der Waals surface area contributed by atoms with Gasteiger partial charge in [-0.1, -0.05) is 0 Å². The molecule has 0 amide bonds. The van der Waals surface area contributed by atoms with E-state index < -0.39 is 0 Å². The standard InChI is InChI=1S/C11H22N4/c1-9(2)15-8-10(3)13-11(15)12-6-7-14(4)5/h8-9H,6-7H2,1-5H3,(H,12,13). The van der Waals surface area contributed by atoms with Crippen molar-refractivity contribution in [3.63, 3.8) is 0 Å². The lowest BCUT2D eigenvalue weighted by Gasteiger charge is -2.14. The molecule has 1 heterocycles. The fraction of sp³-hybridized carbons (Fsp3) is 0.727. The van der Waals surface area contributed by atoms with Gasteiger partial charge in [0.15, 0.2) is 0 Å². The average Bonchev–Trinajstić information content (AvgIpc) is 2.46. The Morgan fingerprint density at radius 2 is 2.13 bits per heavy atom. The van der Waals surface area contributed by atoms with E-state index in [9.17, 15) is 0 Å². The fourth-order valence-electron chi connectivity index (χ4n) is 1.43. The van der Waals surface area contributed by atoms with Crippen molar-refractivity contribution in [3.8, 4) is 0 Å². The van der Waals surface area contributed by atoms with Gasteiger partial charge in [-0.05, 0) is 34.9 Å². The van der Waals surface area contributed by atoms with Gasteiger partial charge in [0.05, 0.1) is 5.69 Å². The second-order valence-electron chi connectivity index (χ2n) is 4.44. The van der Waals surface area contributed by atoms with Crippen molar-refractivity contribution in [2.75, 3.05) is 32.5 Å². The number of aryl methyl sites for hydroxylation is 1. The normalized spacial score (nSPS) is 11.4. The van der Waals surface area contributed by atoms with E-state index >= 15 is 0 Å². The molecule has 0 saturated carbocycles. The maximum absolute atomic E-state index is 4.46. The van der Waals surface area contributed by atoms with Crippen LogP contribution in [-0.2, 0) is 0 Å². The van der Waals surface area contributed by atoms with Crippen LogP contribution in [0.2, 0.25) is 0 Å². The van der Waals surface area contributed by atoms with Crippen LogP contribution in [0.4, 0.5) is 5.95 Å². The largest absolute Gasteiger partial charge is 0.354 e. The van der Waals surface area contributed by atoms with Crippen LogP contribution in [0.15, 0.2) is 6.20 Å². The molecule has 0 aliphatic heterocycles. The minimum Gasteiger partial charge on any atom is -0.354 e. The molecule has 0 aliphatic rings. The SMILES string of the molecule is Cc1cn(C(C)C)c(NCCN(C)C)n1. The predicted molar refractivity (Wildman–Crippen MR) is 64.4 cm³/mol. The topological polar surface area (TPSA) is 33.1 Å². The summed E-state index contributed by atoms with van der Waals surface area (Å²) in [4.78, 5) is 6.62. The first-order chi connectivity index (χ1) is 7.00. The van der Waals surface area contributed by atoms with Crippen LogP contribution in [0.5, 0.6) is 0 Å². The van der Waals surface area contributed by atoms with Crippen LogP contribution >= 0.6 is 0 Å². The van der Waals surface area contributed by atoms with E-state index in [1.54, 1.807) is 0 Å². The van der Waals surface area contributed by atoms with Gasteiger partial charge in [-0.25, -0.2) is 4.98 Å². The van der Waals surface area contributed by atoms with E-state index in [1.807, 2.05) is 6.92 Å². The van der Waals surface area contributed by atoms with E-state index in [2.05, 4.69) is 53.9 Å². The fourth-order valence-corrected chi connectivity index (χ4v) is 1.43. The van der Waals surface area contributed by atoms with Crippen molar-refractivity contribution in [1.82, 2.24) is 14.5 Å². The van der Waals surface area contributed by atoms with Gasteiger partial charge in [-0.2, -0.15) is 0 Å². The molecule has 0 radical (unpaired) electrons. The Bertz CT molecular complexity index is 302. The molecule has 4 nitrogen and oxygen atoms in total. The minimum absolute atomic E-state index is 0.452. The number of nitrogens with zero attached hydrogens (tertiary/aromatic N) is 3. The molecule has 4 heteroatoms. The maximum atomic E-state index is 4.46. The molecule has 0 bridgehead atoms. The molecule has 0 spiro atoms. The van der Waals surface area contributed by atoms with Crippen molar-refractivity contribution >= 4 is 5.95 Å². The number of hydrogen-bond donors (Lipinski definition) is 1. The Labute approximate surface area is 92.3 Å². The van der Waals surface area contributed by atoms with Crippen molar-refractivity contribution < 1.29 is 0 Å². The summed E-state index contributed by atoms with van der Waals surface area (Å²) in [6.45, 7) is 8.30. The third-order valence-corrected chi connectivity index (χ3v) is 2.25. The summed E-state index contributed by atoms with van der Waals surface area (Å²) < 4.78 is 2.17. The van der Waals surface area contributed by atoms with Gasteiger partial charge < -0.3 is 14.8 Å². The molecule has 15 heavy (non-hydrogen) atoms. The van der Waals surface area contributed by atoms with Crippen LogP contribution in [0.1, 0.15) is 25.6 Å². The first-order valence-electron chi connectivity index (χ1n) is 5.44. The smallest absolute Gasteiger partial charge is 0.203 e. The van der Waals surface area contributed by atoms with E-state index in [0.29, 0.717) is 6.04 Å². The van der Waals surface area contributed by atoms with Crippen molar-refractivity contribution in [1.29, 1.82) is 0 Å². The average molecular weight is 210 g/mol. The summed E-state index contributed by atoms with van der Waals surface area (Å²) in [5, 5.41) is 3.36. The number of nitrogens with one attached hydrogen (secondary N) is 1. The third kappa shape index (κ3) is 3.55. The van der Waals surface area contributed by atoms with Gasteiger partial charge in [0.25, 0.3) is 0 Å². The molecule has 86 valence electrons. The van der Waals surface area contributed by atoms with E-state index in [0.717, 1.165) is 24.7 Å². The van der Waals surface area contributed by atoms with E-state index in [-0.39, 0.29) is 0 Å². The molecule has 0 saturated heterocycles. The molecule has 0 fully saturated rings. The lowest BCUT2D eigenvalue weighted by atomic mass is 10.4. The molecule has 0 atom stereocenters. The Hall–Kier alpha value is -1.03. The lowest BCUT2D eigenvalue weighted by molar-refractivity contribution is 0.424. The number of anilines is 1. The zero-order valence-electron chi connectivity index (χ0n) is 10.4. The van der Waals surface area contributed by atoms with Crippen LogP contribution in [0.3, 0.4) is 0 Å². The second kappa shape index (κ2) is 5.16. The molecule has 0 aliphatic carbocycles. The number of aromatic nitrogens is 2. The minimum atomic E-state index is 0.452. The number of hydrogen-bond acceptors (Lipinski definition) is 3. The number of imidazole rings is 1. The van der Waals surface area contributed by atoms with Gasteiger partial charge in [-0.3, -0.25) is 0 Å². The number of likely N-dealkylation sites (N-methyl/N-ethyl adjacent to an activating group) is 1. The maximum Gasteiger partial charge on any atom is 0.203 e. The molecular formula is C11H22N4.